The number of rotatable bonds is 0. The molecule has 2 atom stereocenters. The summed E-state index contributed by atoms with van der Waals surface area (Å²) >= 11 is 0. The lowest BCUT2D eigenvalue weighted by molar-refractivity contribution is 0.165. The van der Waals surface area contributed by atoms with Crippen LogP contribution in [0.4, 0.5) is 0 Å². The lowest BCUT2D eigenvalue weighted by Crippen LogP contribution is -2.38. The molecule has 2 aliphatic rings. The highest BCUT2D eigenvalue weighted by molar-refractivity contribution is 4.85. The van der Waals surface area contributed by atoms with Gasteiger partial charge in [0.2, 0.25) is 0 Å². The summed E-state index contributed by atoms with van der Waals surface area (Å²) in [6.07, 6.45) is 2.81. The Balaban J connectivity index is 0. The van der Waals surface area contributed by atoms with E-state index in [4.69, 9.17) is 0 Å². The van der Waals surface area contributed by atoms with Crippen molar-refractivity contribution in [3.05, 3.63) is 0 Å². The molecule has 0 spiro atoms. The molecule has 2 fully saturated rings. The molecule has 2 heterocycles. The summed E-state index contributed by atoms with van der Waals surface area (Å²) in [5, 5.41) is 3.41. The van der Waals surface area contributed by atoms with E-state index in [9.17, 15) is 0 Å². The normalized spacial score (nSPS) is 27.2. The van der Waals surface area contributed by atoms with Crippen LogP contribution in [0.15, 0.2) is 0 Å². The first kappa shape index (κ1) is 18.3. The zero-order valence-electron chi connectivity index (χ0n) is 12.6. The van der Waals surface area contributed by atoms with Gasteiger partial charge in [0.1, 0.15) is 0 Å². The minimum atomic E-state index is 0.865. The van der Waals surface area contributed by atoms with Gasteiger partial charge >= 0.3 is 0 Å². The third kappa shape index (κ3) is 6.49. The fourth-order valence-electron chi connectivity index (χ4n) is 2.10. The van der Waals surface area contributed by atoms with E-state index in [2.05, 4.69) is 17.1 Å². The van der Waals surface area contributed by atoms with Gasteiger partial charge < -0.3 is 5.32 Å². The van der Waals surface area contributed by atoms with Crippen molar-refractivity contribution < 1.29 is 0 Å². The van der Waals surface area contributed by atoms with E-state index in [-0.39, 0.29) is 0 Å². The minimum Gasteiger partial charge on any atom is -0.303 e. The average molecular weight is 230 g/mol. The zero-order chi connectivity index (χ0) is 13.0. The Kier molecular flexibility index (Phi) is 14.8. The van der Waals surface area contributed by atoms with E-state index in [1.807, 2.05) is 41.5 Å². The molecule has 0 aromatic heterocycles. The second-order valence-corrected chi connectivity index (χ2v) is 3.71. The summed E-state index contributed by atoms with van der Waals surface area (Å²) < 4.78 is 0. The summed E-state index contributed by atoms with van der Waals surface area (Å²) in [4.78, 5) is 2.57. The molecule has 0 aromatic rings. The van der Waals surface area contributed by atoms with Crippen LogP contribution >= 0.6 is 0 Å². The molecule has 100 valence electrons. The van der Waals surface area contributed by atoms with Crippen molar-refractivity contribution in [1.29, 1.82) is 0 Å². The maximum atomic E-state index is 3.41. The first-order valence-electron chi connectivity index (χ1n) is 7.31. The molecule has 0 bridgehead atoms. The number of nitrogens with zero attached hydrogens (tertiary/aromatic N) is 1. The van der Waals surface area contributed by atoms with Gasteiger partial charge in [0, 0.05) is 19.3 Å². The topological polar surface area (TPSA) is 15.3 Å². The van der Waals surface area contributed by atoms with Gasteiger partial charge in [0.15, 0.2) is 0 Å². The van der Waals surface area contributed by atoms with Crippen molar-refractivity contribution >= 4 is 0 Å². The smallest absolute Gasteiger partial charge is 0.0484 e. The number of fused-ring (bicyclic) bond motifs is 1. The van der Waals surface area contributed by atoms with Gasteiger partial charge in [0.25, 0.3) is 0 Å². The summed E-state index contributed by atoms with van der Waals surface area (Å²) in [5.41, 5.74) is 0. The molecular weight excluding hydrogens is 196 g/mol. The van der Waals surface area contributed by atoms with Gasteiger partial charge in [-0.3, -0.25) is 4.90 Å². The fourth-order valence-corrected chi connectivity index (χ4v) is 2.10. The van der Waals surface area contributed by atoms with Crippen molar-refractivity contribution in [2.24, 2.45) is 5.92 Å². The van der Waals surface area contributed by atoms with E-state index in [0.717, 1.165) is 18.6 Å². The summed E-state index contributed by atoms with van der Waals surface area (Å²) in [6.45, 7) is 18.1. The Morgan fingerprint density at radius 2 is 1.56 bits per heavy atom. The number of piperidine rings is 1. The Morgan fingerprint density at radius 3 is 2.12 bits per heavy atom. The molecule has 2 nitrogen and oxygen atoms in total. The molecule has 0 aliphatic carbocycles. The van der Waals surface area contributed by atoms with Crippen LogP contribution in [-0.2, 0) is 0 Å². The zero-order valence-corrected chi connectivity index (χ0v) is 12.6. The second-order valence-electron chi connectivity index (χ2n) is 3.71. The lowest BCUT2D eigenvalue weighted by Gasteiger charge is -2.31. The third-order valence-corrected chi connectivity index (χ3v) is 2.79. The quantitative estimate of drug-likeness (QED) is 0.682. The van der Waals surface area contributed by atoms with Crippen LogP contribution in [0, 0.1) is 5.92 Å². The minimum absolute atomic E-state index is 0.865. The first-order valence-corrected chi connectivity index (χ1v) is 7.31. The molecule has 0 amide bonds. The van der Waals surface area contributed by atoms with Crippen LogP contribution < -0.4 is 5.32 Å². The van der Waals surface area contributed by atoms with Crippen LogP contribution in [0.1, 0.15) is 61.3 Å². The molecule has 0 radical (unpaired) electrons. The van der Waals surface area contributed by atoms with Gasteiger partial charge in [-0.1, -0.05) is 48.5 Å². The van der Waals surface area contributed by atoms with Crippen molar-refractivity contribution in [2.45, 2.75) is 67.3 Å². The van der Waals surface area contributed by atoms with E-state index < -0.39 is 0 Å². The van der Waals surface area contributed by atoms with Gasteiger partial charge in [-0.15, -0.1) is 0 Å². The Hall–Kier alpha value is -0.0800. The van der Waals surface area contributed by atoms with Gasteiger partial charge in [-0.2, -0.15) is 0 Å². The molecule has 0 aromatic carbocycles. The maximum Gasteiger partial charge on any atom is 0.0484 e. The largest absolute Gasteiger partial charge is 0.303 e. The van der Waals surface area contributed by atoms with Crippen LogP contribution in [-0.4, -0.2) is 30.7 Å². The average Bonchev–Trinajstić information content (AvgIpc) is 2.84. The van der Waals surface area contributed by atoms with E-state index in [0.29, 0.717) is 0 Å². The predicted octanol–water partition coefficient (Wildman–Crippen LogP) is 3.73. The number of hydrogen-bond acceptors (Lipinski definition) is 2. The van der Waals surface area contributed by atoms with Crippen molar-refractivity contribution in [2.75, 3.05) is 19.8 Å². The Bertz CT molecular complexity index is 126. The molecule has 2 saturated heterocycles. The van der Waals surface area contributed by atoms with Crippen molar-refractivity contribution in [3.63, 3.8) is 0 Å². The highest BCUT2D eigenvalue weighted by Gasteiger charge is 2.29. The summed E-state index contributed by atoms with van der Waals surface area (Å²) in [6, 6.07) is 0.865. The van der Waals surface area contributed by atoms with Gasteiger partial charge in [0.05, 0.1) is 0 Å². The highest BCUT2D eigenvalue weighted by Crippen LogP contribution is 2.23. The Labute approximate surface area is 104 Å². The molecule has 2 unspecified atom stereocenters. The molecular formula is C14H34N2. The SMILES string of the molecule is CC.CC.CC.CC1CCN2CNCC2C1. The van der Waals surface area contributed by atoms with Crippen molar-refractivity contribution in [3.8, 4) is 0 Å². The standard InChI is InChI=1S/C8H16N2.3C2H6/c1-7-2-3-10-6-9-5-8(10)4-7;3*1-2/h7-9H,2-6H2,1H3;3*1-2H3. The number of hydrogen-bond donors (Lipinski definition) is 1. The van der Waals surface area contributed by atoms with E-state index in [1.165, 1.54) is 25.9 Å². The van der Waals surface area contributed by atoms with Crippen LogP contribution in [0.2, 0.25) is 0 Å². The summed E-state index contributed by atoms with van der Waals surface area (Å²) in [7, 11) is 0. The lowest BCUT2D eigenvalue weighted by atomic mass is 9.94. The van der Waals surface area contributed by atoms with E-state index in [1.54, 1.807) is 0 Å². The number of nitrogens with one attached hydrogen (secondary N) is 1. The predicted molar refractivity (Wildman–Crippen MR) is 75.8 cm³/mol. The van der Waals surface area contributed by atoms with E-state index >= 15 is 0 Å². The van der Waals surface area contributed by atoms with Gasteiger partial charge in [-0.05, 0) is 25.3 Å². The Morgan fingerprint density at radius 1 is 1.00 bits per heavy atom. The van der Waals surface area contributed by atoms with Crippen LogP contribution in [0.3, 0.4) is 0 Å². The highest BCUT2D eigenvalue weighted by atomic mass is 15.3. The molecule has 2 aliphatic heterocycles. The maximum absolute atomic E-state index is 3.41. The summed E-state index contributed by atoms with van der Waals surface area (Å²) in [5.74, 6) is 0.959. The second kappa shape index (κ2) is 13.0. The molecule has 2 heteroatoms. The molecule has 0 saturated carbocycles. The third-order valence-electron chi connectivity index (χ3n) is 2.79. The molecule has 2 rings (SSSR count). The van der Waals surface area contributed by atoms with Crippen LogP contribution in [0.5, 0.6) is 0 Å². The van der Waals surface area contributed by atoms with Crippen LogP contribution in [0.25, 0.3) is 0 Å². The van der Waals surface area contributed by atoms with Crippen molar-refractivity contribution in [1.82, 2.24) is 10.2 Å². The monoisotopic (exact) mass is 230 g/mol. The molecule has 16 heavy (non-hydrogen) atoms. The van der Waals surface area contributed by atoms with Gasteiger partial charge in [-0.25, -0.2) is 0 Å². The first-order chi connectivity index (χ1) is 7.86. The fraction of sp³-hybridized carbons (Fsp3) is 1.00. The molecule has 1 N–H and O–H groups in total.